The average Bonchev–Trinajstić information content (AvgIpc) is 3.00. The molecule has 24 heavy (non-hydrogen) atoms. The molecule has 1 aromatic rings. The first-order valence-corrected chi connectivity index (χ1v) is 9.24. The van der Waals surface area contributed by atoms with Crippen molar-refractivity contribution < 1.29 is 22.7 Å². The lowest BCUT2D eigenvalue weighted by Gasteiger charge is -2.12. The number of hydrogen-bond donors (Lipinski definition) is 2. The molecular weight excluding hydrogens is 356 g/mol. The monoisotopic (exact) mass is 376 g/mol. The van der Waals surface area contributed by atoms with E-state index in [1.807, 2.05) is 0 Å². The van der Waals surface area contributed by atoms with E-state index >= 15 is 0 Å². The maximum Gasteiger partial charge on any atom is 0.338 e. The van der Waals surface area contributed by atoms with Gasteiger partial charge in [0.2, 0.25) is 5.91 Å². The normalized spacial score (nSPS) is 17.0. The molecule has 7 nitrogen and oxygen atoms in total. The second kappa shape index (κ2) is 8.46. The third-order valence-corrected chi connectivity index (χ3v) is 4.64. The number of rotatable bonds is 5. The molecule has 1 saturated heterocycles. The number of benzene rings is 1. The fourth-order valence-electron chi connectivity index (χ4n) is 2.34. The Morgan fingerprint density at radius 2 is 2.04 bits per heavy atom. The summed E-state index contributed by atoms with van der Waals surface area (Å²) in [6.45, 7) is 3.20. The third kappa shape index (κ3) is 5.19. The van der Waals surface area contributed by atoms with Crippen LogP contribution in [0, 0.1) is 5.92 Å². The van der Waals surface area contributed by atoms with E-state index in [0.717, 1.165) is 19.2 Å². The molecule has 1 heterocycles. The molecular formula is C15H21ClN2O5S. The highest BCUT2D eigenvalue weighted by molar-refractivity contribution is 7.90. The van der Waals surface area contributed by atoms with Crippen molar-refractivity contribution in [1.82, 2.24) is 5.32 Å². The van der Waals surface area contributed by atoms with E-state index in [0.29, 0.717) is 6.54 Å². The van der Waals surface area contributed by atoms with E-state index in [-0.39, 0.29) is 47.0 Å². The van der Waals surface area contributed by atoms with Gasteiger partial charge in [-0.1, -0.05) is 0 Å². The molecule has 0 radical (unpaired) electrons. The highest BCUT2D eigenvalue weighted by Crippen LogP contribution is 2.21. The Kier molecular flexibility index (Phi) is 7.19. The standard InChI is InChI=1S/C15H20N2O5S.ClH/c1-3-22-15(19)11-6-12(8-13(7-11)23(2,20)21)17-14(18)10-4-5-16-9-10;/h6-8,10,16H,3-5,9H2,1-2H3,(H,17,18);1H. The van der Waals surface area contributed by atoms with Crippen molar-refractivity contribution >= 4 is 39.8 Å². The third-order valence-electron chi connectivity index (χ3n) is 3.54. The molecule has 1 aliphatic rings. The fourth-order valence-corrected chi connectivity index (χ4v) is 3.02. The summed E-state index contributed by atoms with van der Waals surface area (Å²) < 4.78 is 28.5. The summed E-state index contributed by atoms with van der Waals surface area (Å²) in [5.41, 5.74) is 0.363. The first-order valence-electron chi connectivity index (χ1n) is 7.35. The summed E-state index contributed by atoms with van der Waals surface area (Å²) in [6.07, 6.45) is 1.77. The van der Waals surface area contributed by atoms with Crippen molar-refractivity contribution in [1.29, 1.82) is 0 Å². The van der Waals surface area contributed by atoms with Gasteiger partial charge in [0.1, 0.15) is 0 Å². The van der Waals surface area contributed by atoms with E-state index in [1.54, 1.807) is 6.92 Å². The van der Waals surface area contributed by atoms with Crippen LogP contribution < -0.4 is 10.6 Å². The number of sulfone groups is 1. The number of carbonyl (C=O) groups is 2. The molecule has 9 heteroatoms. The zero-order valence-corrected chi connectivity index (χ0v) is 15.1. The number of halogens is 1. The van der Waals surface area contributed by atoms with Crippen molar-refractivity contribution in [2.24, 2.45) is 5.92 Å². The predicted octanol–water partition coefficient (Wildman–Crippen LogP) is 1.24. The average molecular weight is 377 g/mol. The molecule has 1 atom stereocenters. The molecule has 1 fully saturated rings. The van der Waals surface area contributed by atoms with Crippen LogP contribution in [0.3, 0.4) is 0 Å². The van der Waals surface area contributed by atoms with Gasteiger partial charge in [-0.2, -0.15) is 0 Å². The van der Waals surface area contributed by atoms with Gasteiger partial charge >= 0.3 is 5.97 Å². The van der Waals surface area contributed by atoms with Gasteiger partial charge in [-0.05, 0) is 38.1 Å². The Labute approximate surface area is 147 Å². The molecule has 1 aliphatic heterocycles. The van der Waals surface area contributed by atoms with Crippen molar-refractivity contribution in [2.45, 2.75) is 18.2 Å². The summed E-state index contributed by atoms with van der Waals surface area (Å²) in [5, 5.41) is 5.77. The van der Waals surface area contributed by atoms with Gasteiger partial charge in [-0.15, -0.1) is 12.4 Å². The van der Waals surface area contributed by atoms with Gasteiger partial charge < -0.3 is 15.4 Å². The number of ether oxygens (including phenoxy) is 1. The molecule has 0 saturated carbocycles. The number of hydrogen-bond acceptors (Lipinski definition) is 6. The van der Waals surface area contributed by atoms with E-state index < -0.39 is 15.8 Å². The van der Waals surface area contributed by atoms with Gasteiger partial charge in [-0.25, -0.2) is 13.2 Å². The number of carbonyl (C=O) groups excluding carboxylic acids is 2. The Morgan fingerprint density at radius 1 is 1.33 bits per heavy atom. The zero-order chi connectivity index (χ0) is 17.0. The summed E-state index contributed by atoms with van der Waals surface area (Å²) >= 11 is 0. The molecule has 2 N–H and O–H groups in total. The highest BCUT2D eigenvalue weighted by Gasteiger charge is 2.23. The lowest BCUT2D eigenvalue weighted by molar-refractivity contribution is -0.119. The molecule has 134 valence electrons. The minimum absolute atomic E-state index is 0. The smallest absolute Gasteiger partial charge is 0.338 e. The first kappa shape index (κ1) is 20.4. The molecule has 0 spiro atoms. The molecule has 1 unspecified atom stereocenters. The molecule has 1 aromatic carbocycles. The van der Waals surface area contributed by atoms with Crippen LogP contribution >= 0.6 is 12.4 Å². The molecule has 0 bridgehead atoms. The second-order valence-electron chi connectivity index (χ2n) is 5.42. The number of anilines is 1. The fraction of sp³-hybridized carbons (Fsp3) is 0.467. The molecule has 1 amide bonds. The Bertz CT molecular complexity index is 715. The SMILES string of the molecule is CCOC(=O)c1cc(NC(=O)C2CCNC2)cc(S(C)(=O)=O)c1.Cl. The van der Waals surface area contributed by atoms with Crippen molar-refractivity contribution in [2.75, 3.05) is 31.3 Å². The van der Waals surface area contributed by atoms with Gasteiger partial charge in [0.25, 0.3) is 0 Å². The second-order valence-corrected chi connectivity index (χ2v) is 7.43. The lowest BCUT2D eigenvalue weighted by atomic mass is 10.1. The summed E-state index contributed by atoms with van der Waals surface area (Å²) in [6, 6.07) is 4.02. The maximum atomic E-state index is 12.2. The van der Waals surface area contributed by atoms with Crippen LogP contribution in [0.5, 0.6) is 0 Å². The Balaban J connectivity index is 0.00000288. The molecule has 0 aliphatic carbocycles. The summed E-state index contributed by atoms with van der Waals surface area (Å²) in [7, 11) is -3.52. The van der Waals surface area contributed by atoms with Crippen LogP contribution in [-0.4, -0.2) is 46.2 Å². The quantitative estimate of drug-likeness (QED) is 0.749. The summed E-state index contributed by atoms with van der Waals surface area (Å²) in [4.78, 5) is 24.0. The number of esters is 1. The van der Waals surface area contributed by atoms with Crippen molar-refractivity contribution in [3.8, 4) is 0 Å². The van der Waals surface area contributed by atoms with Crippen LogP contribution in [0.4, 0.5) is 5.69 Å². The van der Waals surface area contributed by atoms with Crippen LogP contribution in [-0.2, 0) is 19.4 Å². The van der Waals surface area contributed by atoms with Crippen LogP contribution in [0.15, 0.2) is 23.1 Å². The Morgan fingerprint density at radius 3 is 2.58 bits per heavy atom. The van der Waals surface area contributed by atoms with E-state index in [9.17, 15) is 18.0 Å². The van der Waals surface area contributed by atoms with Crippen LogP contribution in [0.25, 0.3) is 0 Å². The van der Waals surface area contributed by atoms with Crippen LogP contribution in [0.2, 0.25) is 0 Å². The van der Waals surface area contributed by atoms with Crippen molar-refractivity contribution in [3.05, 3.63) is 23.8 Å². The van der Waals surface area contributed by atoms with Gasteiger partial charge in [0, 0.05) is 18.5 Å². The minimum atomic E-state index is -3.52. The topological polar surface area (TPSA) is 102 Å². The molecule has 0 aromatic heterocycles. The van der Waals surface area contributed by atoms with Gasteiger partial charge in [-0.3, -0.25) is 4.79 Å². The predicted molar refractivity (Wildman–Crippen MR) is 92.4 cm³/mol. The highest BCUT2D eigenvalue weighted by atomic mass is 35.5. The van der Waals surface area contributed by atoms with E-state index in [2.05, 4.69) is 10.6 Å². The minimum Gasteiger partial charge on any atom is -0.462 e. The zero-order valence-electron chi connectivity index (χ0n) is 13.5. The van der Waals surface area contributed by atoms with Gasteiger partial charge in [0.05, 0.1) is 23.0 Å². The number of amides is 1. The van der Waals surface area contributed by atoms with Gasteiger partial charge in [0.15, 0.2) is 9.84 Å². The Hall–Kier alpha value is -1.64. The first-order chi connectivity index (χ1) is 10.8. The lowest BCUT2D eigenvalue weighted by Crippen LogP contribution is -2.25. The molecule has 2 rings (SSSR count). The number of nitrogens with one attached hydrogen (secondary N) is 2. The van der Waals surface area contributed by atoms with E-state index in [4.69, 9.17) is 4.74 Å². The summed E-state index contributed by atoms with van der Waals surface area (Å²) in [5.74, 6) is -0.991. The van der Waals surface area contributed by atoms with E-state index in [1.165, 1.54) is 18.2 Å². The van der Waals surface area contributed by atoms with Crippen molar-refractivity contribution in [3.63, 3.8) is 0 Å². The van der Waals surface area contributed by atoms with Crippen LogP contribution in [0.1, 0.15) is 23.7 Å². The maximum absolute atomic E-state index is 12.2. The largest absolute Gasteiger partial charge is 0.462 e.